The van der Waals surface area contributed by atoms with E-state index in [1.54, 1.807) is 28.6 Å². The molecule has 2 unspecified atom stereocenters. The van der Waals surface area contributed by atoms with E-state index in [9.17, 15) is 13.7 Å². The van der Waals surface area contributed by atoms with E-state index in [2.05, 4.69) is 17.2 Å². The molecule has 0 amide bonds. The van der Waals surface area contributed by atoms with Gasteiger partial charge in [-0.15, -0.1) is 0 Å². The molecular formula is C21H26N4O4S. The first-order valence-corrected chi connectivity index (χ1v) is 11.8. The van der Waals surface area contributed by atoms with Crippen molar-refractivity contribution in [1.29, 1.82) is 5.26 Å². The minimum Gasteiger partial charge on any atom is -0.419 e. The molecule has 0 spiro atoms. The molecule has 3 heterocycles. The highest BCUT2D eigenvalue weighted by molar-refractivity contribution is 7.89. The monoisotopic (exact) mass is 430 g/mol. The van der Waals surface area contributed by atoms with E-state index < -0.39 is 10.0 Å². The normalized spacial score (nSPS) is 22.7. The average molecular weight is 431 g/mol. The zero-order chi connectivity index (χ0) is 21.1. The Labute approximate surface area is 176 Å². The van der Waals surface area contributed by atoms with E-state index in [0.717, 1.165) is 32.3 Å². The zero-order valence-electron chi connectivity index (χ0n) is 17.0. The van der Waals surface area contributed by atoms with Gasteiger partial charge in [0.25, 0.3) is 0 Å². The fourth-order valence-electron chi connectivity index (χ4n) is 3.93. The van der Waals surface area contributed by atoms with Gasteiger partial charge in [0.2, 0.25) is 27.5 Å². The van der Waals surface area contributed by atoms with Gasteiger partial charge >= 0.3 is 0 Å². The van der Waals surface area contributed by atoms with E-state index in [4.69, 9.17) is 9.15 Å². The van der Waals surface area contributed by atoms with Crippen molar-refractivity contribution in [3.8, 4) is 17.5 Å². The summed E-state index contributed by atoms with van der Waals surface area (Å²) < 4.78 is 38.7. The number of piperidine rings is 1. The lowest BCUT2D eigenvalue weighted by atomic mass is 10.0. The zero-order valence-corrected chi connectivity index (χ0v) is 17.8. The molecule has 0 bridgehead atoms. The maximum atomic E-state index is 12.9. The van der Waals surface area contributed by atoms with Gasteiger partial charge < -0.3 is 14.5 Å². The van der Waals surface area contributed by atoms with Crippen LogP contribution < -0.4 is 5.32 Å². The molecule has 2 saturated heterocycles. The Morgan fingerprint density at radius 2 is 2.07 bits per heavy atom. The van der Waals surface area contributed by atoms with E-state index in [0.29, 0.717) is 37.0 Å². The van der Waals surface area contributed by atoms with Crippen molar-refractivity contribution in [3.05, 3.63) is 30.0 Å². The summed E-state index contributed by atoms with van der Waals surface area (Å²) in [5.41, 5.74) is 0.782. The number of sulfonamides is 1. The van der Waals surface area contributed by atoms with Gasteiger partial charge in [-0.3, -0.25) is 0 Å². The molecule has 2 atom stereocenters. The van der Waals surface area contributed by atoms with Gasteiger partial charge in [0.1, 0.15) is 6.07 Å². The molecule has 2 aromatic rings. The highest BCUT2D eigenvalue weighted by Crippen LogP contribution is 2.28. The molecule has 2 aliphatic heterocycles. The van der Waals surface area contributed by atoms with Crippen LogP contribution in [0.3, 0.4) is 0 Å². The highest BCUT2D eigenvalue weighted by Gasteiger charge is 2.28. The summed E-state index contributed by atoms with van der Waals surface area (Å²) in [7, 11) is -3.52. The van der Waals surface area contributed by atoms with E-state index >= 15 is 0 Å². The van der Waals surface area contributed by atoms with Gasteiger partial charge in [-0.1, -0.05) is 6.92 Å². The second-order valence-electron chi connectivity index (χ2n) is 7.96. The lowest BCUT2D eigenvalue weighted by Crippen LogP contribution is -2.39. The maximum absolute atomic E-state index is 12.9. The van der Waals surface area contributed by atoms with E-state index in [1.807, 2.05) is 6.07 Å². The van der Waals surface area contributed by atoms with E-state index in [1.165, 1.54) is 0 Å². The van der Waals surface area contributed by atoms with Crippen LogP contribution in [-0.4, -0.2) is 50.1 Å². The number of hydrogen-bond acceptors (Lipinski definition) is 7. The van der Waals surface area contributed by atoms with Crippen LogP contribution in [0.15, 0.2) is 33.6 Å². The summed E-state index contributed by atoms with van der Waals surface area (Å²) in [6.07, 6.45) is 4.05. The number of oxazole rings is 1. The molecule has 2 fully saturated rings. The number of anilines is 1. The average Bonchev–Trinajstić information content (AvgIpc) is 3.42. The molecule has 1 aromatic heterocycles. The molecule has 0 aliphatic carbocycles. The Bertz CT molecular complexity index is 1020. The summed E-state index contributed by atoms with van der Waals surface area (Å²) in [6.45, 7) is 4.48. The molecular weight excluding hydrogens is 404 g/mol. The Balaban J connectivity index is 1.50. The SMILES string of the molecule is CC1CCCN(S(=O)(=O)c2ccc(-c3nc(C#N)c(NCC4CCCO4)o3)cc2)C1. The Hall–Kier alpha value is -2.41. The first-order valence-electron chi connectivity index (χ1n) is 10.3. The third kappa shape index (κ3) is 4.36. The fourth-order valence-corrected chi connectivity index (χ4v) is 5.53. The van der Waals surface area contributed by atoms with Gasteiger partial charge in [-0.05, 0) is 55.9 Å². The summed E-state index contributed by atoms with van der Waals surface area (Å²) in [4.78, 5) is 4.50. The number of aromatic nitrogens is 1. The molecule has 8 nitrogen and oxygen atoms in total. The van der Waals surface area contributed by atoms with Crippen molar-refractivity contribution < 1.29 is 17.6 Å². The number of benzene rings is 1. The third-order valence-corrected chi connectivity index (χ3v) is 7.49. The van der Waals surface area contributed by atoms with Gasteiger partial charge in [0, 0.05) is 31.8 Å². The third-order valence-electron chi connectivity index (χ3n) is 5.61. The van der Waals surface area contributed by atoms with Crippen LogP contribution in [0.1, 0.15) is 38.3 Å². The van der Waals surface area contributed by atoms with Crippen molar-refractivity contribution >= 4 is 15.9 Å². The van der Waals surface area contributed by atoms with Crippen LogP contribution in [0.5, 0.6) is 0 Å². The van der Waals surface area contributed by atoms with Crippen molar-refractivity contribution in [1.82, 2.24) is 9.29 Å². The molecule has 9 heteroatoms. The molecule has 4 rings (SSSR count). The van der Waals surface area contributed by atoms with Crippen LogP contribution in [0.2, 0.25) is 0 Å². The first kappa shape index (κ1) is 20.8. The molecule has 160 valence electrons. The number of nitriles is 1. The van der Waals surface area contributed by atoms with Crippen LogP contribution in [0.4, 0.5) is 5.88 Å². The summed E-state index contributed by atoms with van der Waals surface area (Å²) in [5, 5.41) is 12.5. The predicted octanol–water partition coefficient (Wildman–Crippen LogP) is 3.22. The van der Waals surface area contributed by atoms with Gasteiger partial charge in [0.15, 0.2) is 0 Å². The number of nitrogens with one attached hydrogen (secondary N) is 1. The highest BCUT2D eigenvalue weighted by atomic mass is 32.2. The number of rotatable bonds is 6. The Kier molecular flexibility index (Phi) is 6.09. The second kappa shape index (κ2) is 8.76. The molecule has 1 N–H and O–H groups in total. The summed E-state index contributed by atoms with van der Waals surface area (Å²) >= 11 is 0. The van der Waals surface area contributed by atoms with Crippen molar-refractivity contribution in [3.63, 3.8) is 0 Å². The Morgan fingerprint density at radius 3 is 2.73 bits per heavy atom. The fraction of sp³-hybridized carbons (Fsp3) is 0.524. The van der Waals surface area contributed by atoms with Crippen molar-refractivity contribution in [2.24, 2.45) is 5.92 Å². The van der Waals surface area contributed by atoms with Crippen molar-refractivity contribution in [2.45, 2.75) is 43.6 Å². The van der Waals surface area contributed by atoms with Gasteiger partial charge in [-0.2, -0.15) is 14.6 Å². The van der Waals surface area contributed by atoms with Crippen LogP contribution in [0.25, 0.3) is 11.5 Å². The summed E-state index contributed by atoms with van der Waals surface area (Å²) in [5.74, 6) is 0.948. The maximum Gasteiger partial charge on any atom is 0.243 e. The van der Waals surface area contributed by atoms with Crippen molar-refractivity contribution in [2.75, 3.05) is 31.6 Å². The largest absolute Gasteiger partial charge is 0.419 e. The van der Waals surface area contributed by atoms with E-state index in [-0.39, 0.29) is 22.6 Å². The first-order chi connectivity index (χ1) is 14.5. The van der Waals surface area contributed by atoms with Gasteiger partial charge in [0.05, 0.1) is 11.0 Å². The second-order valence-corrected chi connectivity index (χ2v) is 9.90. The topological polar surface area (TPSA) is 108 Å². The smallest absolute Gasteiger partial charge is 0.243 e. The molecule has 0 saturated carbocycles. The lowest BCUT2D eigenvalue weighted by molar-refractivity contribution is 0.120. The quantitative estimate of drug-likeness (QED) is 0.749. The minimum atomic E-state index is -3.52. The molecule has 2 aliphatic rings. The van der Waals surface area contributed by atoms with Gasteiger partial charge in [-0.25, -0.2) is 8.42 Å². The standard InChI is InChI=1S/C21H26N4O4S/c1-15-4-2-10-25(14-15)30(26,27)18-8-6-16(7-9-18)20-24-19(12-22)21(29-20)23-13-17-5-3-11-28-17/h6-9,15,17,23H,2-5,10-11,13-14H2,1H3. The molecule has 30 heavy (non-hydrogen) atoms. The number of hydrogen-bond donors (Lipinski definition) is 1. The number of ether oxygens (including phenoxy) is 1. The molecule has 0 radical (unpaired) electrons. The van der Waals surface area contributed by atoms with Crippen LogP contribution in [-0.2, 0) is 14.8 Å². The predicted molar refractivity (Wildman–Crippen MR) is 111 cm³/mol. The number of nitrogens with zero attached hydrogens (tertiary/aromatic N) is 3. The Morgan fingerprint density at radius 1 is 1.27 bits per heavy atom. The minimum absolute atomic E-state index is 0.104. The molecule has 1 aromatic carbocycles. The lowest BCUT2D eigenvalue weighted by Gasteiger charge is -2.30. The van der Waals surface area contributed by atoms with Crippen LogP contribution in [0, 0.1) is 17.2 Å². The van der Waals surface area contributed by atoms with Crippen LogP contribution >= 0.6 is 0 Å². The summed E-state index contributed by atoms with van der Waals surface area (Å²) in [6, 6.07) is 8.50.